The Labute approximate surface area is 112 Å². The van der Waals surface area contributed by atoms with E-state index < -0.39 is 0 Å². The first kappa shape index (κ1) is 13.3. The molecule has 0 saturated heterocycles. The Morgan fingerprint density at radius 1 is 1.21 bits per heavy atom. The minimum absolute atomic E-state index is 0.105. The highest BCUT2D eigenvalue weighted by Crippen LogP contribution is 2.23. The molecule has 0 fully saturated rings. The highest BCUT2D eigenvalue weighted by Gasteiger charge is 2.15. The number of benzene rings is 1. The van der Waals surface area contributed by atoms with Gasteiger partial charge in [-0.15, -0.1) is 0 Å². The second kappa shape index (κ2) is 4.88. The molecule has 4 nitrogen and oxygen atoms in total. The normalized spacial score (nSPS) is 11.4. The van der Waals surface area contributed by atoms with E-state index in [4.69, 9.17) is 4.52 Å². The molecule has 1 aromatic carbocycles. The molecule has 2 aromatic rings. The van der Waals surface area contributed by atoms with Gasteiger partial charge < -0.3 is 9.84 Å². The van der Waals surface area contributed by atoms with Gasteiger partial charge in [-0.2, -0.15) is 0 Å². The molecule has 0 aliphatic carbocycles. The third-order valence-corrected chi connectivity index (χ3v) is 3.00. The fourth-order valence-corrected chi connectivity index (χ4v) is 1.77. The van der Waals surface area contributed by atoms with Crippen molar-refractivity contribution >= 4 is 11.6 Å². The van der Waals surface area contributed by atoms with Crippen molar-refractivity contribution in [2.75, 3.05) is 5.32 Å². The van der Waals surface area contributed by atoms with E-state index in [0.717, 1.165) is 5.69 Å². The summed E-state index contributed by atoms with van der Waals surface area (Å²) in [4.78, 5) is 12.0. The van der Waals surface area contributed by atoms with Gasteiger partial charge in [0.05, 0.1) is 6.20 Å². The SMILES string of the molecule is Cc1oncc1C(=O)Nc1ccc(C(C)(C)C)cc1. The lowest BCUT2D eigenvalue weighted by molar-refractivity contribution is 0.102. The zero-order valence-electron chi connectivity index (χ0n) is 11.7. The molecule has 1 N–H and O–H groups in total. The van der Waals surface area contributed by atoms with Crippen molar-refractivity contribution in [2.45, 2.75) is 33.1 Å². The minimum atomic E-state index is -0.206. The summed E-state index contributed by atoms with van der Waals surface area (Å²) < 4.78 is 4.88. The van der Waals surface area contributed by atoms with Crippen molar-refractivity contribution in [3.63, 3.8) is 0 Å². The number of hydrogen-bond acceptors (Lipinski definition) is 3. The van der Waals surface area contributed by atoms with Crippen molar-refractivity contribution in [2.24, 2.45) is 0 Å². The van der Waals surface area contributed by atoms with Crippen LogP contribution in [0.4, 0.5) is 5.69 Å². The van der Waals surface area contributed by atoms with Crippen molar-refractivity contribution in [1.29, 1.82) is 0 Å². The second-order valence-corrected chi connectivity index (χ2v) is 5.58. The number of carbonyl (C=O) groups is 1. The molecule has 19 heavy (non-hydrogen) atoms. The second-order valence-electron chi connectivity index (χ2n) is 5.58. The molecule has 2 rings (SSSR count). The summed E-state index contributed by atoms with van der Waals surface area (Å²) in [5.74, 6) is 0.311. The molecule has 4 heteroatoms. The summed E-state index contributed by atoms with van der Waals surface area (Å²) in [6, 6.07) is 7.86. The Morgan fingerprint density at radius 3 is 2.32 bits per heavy atom. The standard InChI is InChI=1S/C15H18N2O2/c1-10-13(9-16-19-10)14(18)17-12-7-5-11(6-8-12)15(2,3)4/h5-9H,1-4H3,(H,17,18). The van der Waals surface area contributed by atoms with Gasteiger partial charge in [0.25, 0.3) is 5.91 Å². The Morgan fingerprint density at radius 2 is 1.84 bits per heavy atom. The molecule has 0 aliphatic rings. The molecule has 1 aromatic heterocycles. The highest BCUT2D eigenvalue weighted by atomic mass is 16.5. The summed E-state index contributed by atoms with van der Waals surface area (Å²) in [6.45, 7) is 8.17. The Bertz CT molecular complexity index is 577. The molecule has 0 atom stereocenters. The van der Waals surface area contributed by atoms with Crippen LogP contribution in [0.1, 0.15) is 42.5 Å². The molecule has 0 spiro atoms. The molecule has 0 bridgehead atoms. The maximum atomic E-state index is 12.0. The average molecular weight is 258 g/mol. The van der Waals surface area contributed by atoms with Gasteiger partial charge in [-0.25, -0.2) is 0 Å². The van der Waals surface area contributed by atoms with Crippen LogP contribution in [-0.2, 0) is 5.41 Å². The topological polar surface area (TPSA) is 55.1 Å². The van der Waals surface area contributed by atoms with Crippen LogP contribution >= 0.6 is 0 Å². The van der Waals surface area contributed by atoms with Crippen LogP contribution in [0, 0.1) is 6.92 Å². The smallest absolute Gasteiger partial charge is 0.260 e. The third kappa shape index (κ3) is 3.02. The number of amides is 1. The van der Waals surface area contributed by atoms with Crippen molar-refractivity contribution in [3.05, 3.63) is 47.3 Å². The predicted molar refractivity (Wildman–Crippen MR) is 74.3 cm³/mol. The van der Waals surface area contributed by atoms with Crippen LogP contribution in [-0.4, -0.2) is 11.1 Å². The number of nitrogens with one attached hydrogen (secondary N) is 1. The Kier molecular flexibility index (Phi) is 3.42. The number of nitrogens with zero attached hydrogens (tertiary/aromatic N) is 1. The van der Waals surface area contributed by atoms with E-state index in [0.29, 0.717) is 11.3 Å². The molecule has 1 heterocycles. The van der Waals surface area contributed by atoms with Gasteiger partial charge in [0.2, 0.25) is 0 Å². The first-order valence-corrected chi connectivity index (χ1v) is 6.21. The van der Waals surface area contributed by atoms with Gasteiger partial charge in [0.15, 0.2) is 0 Å². The fourth-order valence-electron chi connectivity index (χ4n) is 1.77. The molecule has 0 unspecified atom stereocenters. The first-order chi connectivity index (χ1) is 8.88. The lowest BCUT2D eigenvalue weighted by Crippen LogP contribution is -2.13. The van der Waals surface area contributed by atoms with E-state index in [1.54, 1.807) is 6.92 Å². The zero-order valence-corrected chi connectivity index (χ0v) is 11.7. The van der Waals surface area contributed by atoms with Gasteiger partial charge in [0.1, 0.15) is 11.3 Å². The van der Waals surface area contributed by atoms with E-state index in [1.165, 1.54) is 11.8 Å². The van der Waals surface area contributed by atoms with Crippen LogP contribution in [0.15, 0.2) is 35.0 Å². The van der Waals surface area contributed by atoms with E-state index in [9.17, 15) is 4.79 Å². The van der Waals surface area contributed by atoms with Crippen LogP contribution < -0.4 is 5.32 Å². The Balaban J connectivity index is 2.12. The number of aryl methyl sites for hydroxylation is 1. The van der Waals surface area contributed by atoms with Crippen molar-refractivity contribution in [1.82, 2.24) is 5.16 Å². The number of rotatable bonds is 2. The molecular formula is C15H18N2O2. The fraction of sp³-hybridized carbons (Fsp3) is 0.333. The number of aromatic nitrogens is 1. The van der Waals surface area contributed by atoms with Gasteiger partial charge in [-0.3, -0.25) is 4.79 Å². The number of hydrogen-bond donors (Lipinski definition) is 1. The molecular weight excluding hydrogens is 240 g/mol. The molecule has 100 valence electrons. The number of carbonyl (C=O) groups excluding carboxylic acids is 1. The molecule has 1 amide bonds. The monoisotopic (exact) mass is 258 g/mol. The lowest BCUT2D eigenvalue weighted by atomic mass is 9.87. The average Bonchev–Trinajstić information content (AvgIpc) is 2.75. The maximum Gasteiger partial charge on any atom is 0.260 e. The summed E-state index contributed by atoms with van der Waals surface area (Å²) in [6.07, 6.45) is 1.42. The quantitative estimate of drug-likeness (QED) is 0.896. The van der Waals surface area contributed by atoms with E-state index in [2.05, 4.69) is 31.2 Å². The Hall–Kier alpha value is -2.10. The highest BCUT2D eigenvalue weighted by molar-refractivity contribution is 6.04. The predicted octanol–water partition coefficient (Wildman–Crippen LogP) is 3.53. The summed E-state index contributed by atoms with van der Waals surface area (Å²) >= 11 is 0. The molecule has 0 aliphatic heterocycles. The van der Waals surface area contributed by atoms with Crippen LogP contribution in [0.3, 0.4) is 0 Å². The van der Waals surface area contributed by atoms with Gasteiger partial charge in [-0.05, 0) is 30.0 Å². The minimum Gasteiger partial charge on any atom is -0.361 e. The number of anilines is 1. The van der Waals surface area contributed by atoms with E-state index >= 15 is 0 Å². The maximum absolute atomic E-state index is 12.0. The van der Waals surface area contributed by atoms with Gasteiger partial charge in [-0.1, -0.05) is 38.1 Å². The third-order valence-electron chi connectivity index (χ3n) is 3.00. The zero-order chi connectivity index (χ0) is 14.0. The molecule has 0 saturated carbocycles. The van der Waals surface area contributed by atoms with E-state index in [-0.39, 0.29) is 11.3 Å². The summed E-state index contributed by atoms with van der Waals surface area (Å²) in [7, 11) is 0. The largest absolute Gasteiger partial charge is 0.361 e. The summed E-state index contributed by atoms with van der Waals surface area (Å²) in [5, 5.41) is 6.42. The van der Waals surface area contributed by atoms with Crippen molar-refractivity contribution < 1.29 is 9.32 Å². The van der Waals surface area contributed by atoms with Crippen molar-refractivity contribution in [3.8, 4) is 0 Å². The van der Waals surface area contributed by atoms with Crippen LogP contribution in [0.25, 0.3) is 0 Å². The van der Waals surface area contributed by atoms with Gasteiger partial charge >= 0.3 is 0 Å². The lowest BCUT2D eigenvalue weighted by Gasteiger charge is -2.19. The van der Waals surface area contributed by atoms with Gasteiger partial charge in [0, 0.05) is 5.69 Å². The molecule has 0 radical (unpaired) electrons. The summed E-state index contributed by atoms with van der Waals surface area (Å²) in [5.41, 5.74) is 2.55. The van der Waals surface area contributed by atoms with Crippen LogP contribution in [0.5, 0.6) is 0 Å². The van der Waals surface area contributed by atoms with Crippen LogP contribution in [0.2, 0.25) is 0 Å². The van der Waals surface area contributed by atoms with E-state index in [1.807, 2.05) is 24.3 Å². The first-order valence-electron chi connectivity index (χ1n) is 6.21.